The van der Waals surface area contributed by atoms with E-state index in [0.717, 1.165) is 44.2 Å². The predicted molar refractivity (Wildman–Crippen MR) is 80.9 cm³/mol. The highest BCUT2D eigenvalue weighted by Crippen LogP contribution is 2.16. The molecule has 1 saturated heterocycles. The molecule has 1 fully saturated rings. The number of aromatic nitrogens is 2. The van der Waals surface area contributed by atoms with Crippen molar-refractivity contribution in [3.63, 3.8) is 0 Å². The lowest BCUT2D eigenvalue weighted by Crippen LogP contribution is -2.43. The fourth-order valence-electron chi connectivity index (χ4n) is 2.33. The lowest BCUT2D eigenvalue weighted by atomic mass is 10.2. The monoisotopic (exact) mass is 269 g/mol. The summed E-state index contributed by atoms with van der Waals surface area (Å²) >= 11 is 0. The molecule has 0 bridgehead atoms. The van der Waals surface area contributed by atoms with E-state index in [0.29, 0.717) is 0 Å². The highest BCUT2D eigenvalue weighted by molar-refractivity contribution is 5.52. The second-order valence-electron chi connectivity index (χ2n) is 4.88. The zero-order valence-corrected chi connectivity index (χ0v) is 11.4. The topological polar surface area (TPSA) is 53.1 Å². The van der Waals surface area contributed by atoms with Gasteiger partial charge in [0, 0.05) is 38.8 Å². The van der Waals surface area contributed by atoms with E-state index >= 15 is 0 Å². The molecule has 1 aromatic heterocycles. The first kappa shape index (κ1) is 12.9. The molecule has 0 saturated carbocycles. The van der Waals surface area contributed by atoms with E-state index in [1.54, 1.807) is 0 Å². The van der Waals surface area contributed by atoms with Crippen LogP contribution in [-0.4, -0.2) is 36.4 Å². The number of benzene rings is 1. The molecule has 1 aromatic carbocycles. The summed E-state index contributed by atoms with van der Waals surface area (Å²) < 4.78 is 0. The lowest BCUT2D eigenvalue weighted by molar-refractivity contribution is 0.588. The molecule has 5 nitrogen and oxygen atoms in total. The first-order chi connectivity index (χ1) is 9.92. The second-order valence-corrected chi connectivity index (χ2v) is 4.88. The molecule has 2 heterocycles. The number of piperazine rings is 1. The van der Waals surface area contributed by atoms with Gasteiger partial charge in [-0.1, -0.05) is 30.3 Å². The fraction of sp³-hybridized carbons (Fsp3) is 0.333. The van der Waals surface area contributed by atoms with Gasteiger partial charge in [0.05, 0.1) is 11.9 Å². The van der Waals surface area contributed by atoms with E-state index in [1.807, 2.05) is 24.4 Å². The third kappa shape index (κ3) is 3.24. The predicted octanol–water partition coefficient (Wildman–Crippen LogP) is 1.50. The lowest BCUT2D eigenvalue weighted by Gasteiger charge is -2.29. The van der Waals surface area contributed by atoms with Crippen molar-refractivity contribution in [3.05, 3.63) is 48.2 Å². The maximum Gasteiger partial charge on any atom is 0.150 e. The van der Waals surface area contributed by atoms with Gasteiger partial charge in [-0.25, -0.2) is 0 Å². The van der Waals surface area contributed by atoms with Crippen LogP contribution < -0.4 is 15.5 Å². The zero-order chi connectivity index (χ0) is 13.6. The summed E-state index contributed by atoms with van der Waals surface area (Å²) in [5.41, 5.74) is 2.37. The number of anilines is 2. The van der Waals surface area contributed by atoms with Crippen molar-refractivity contribution in [2.24, 2.45) is 0 Å². The van der Waals surface area contributed by atoms with Gasteiger partial charge < -0.3 is 15.5 Å². The molecular weight excluding hydrogens is 250 g/mol. The summed E-state index contributed by atoms with van der Waals surface area (Å²) in [5.74, 6) is 0.824. The summed E-state index contributed by atoms with van der Waals surface area (Å²) in [4.78, 5) is 2.33. The minimum atomic E-state index is 0.764. The molecule has 104 valence electrons. The van der Waals surface area contributed by atoms with Gasteiger partial charge >= 0.3 is 0 Å². The number of rotatable bonds is 4. The Balaban J connectivity index is 1.65. The van der Waals surface area contributed by atoms with Gasteiger partial charge in [0.2, 0.25) is 0 Å². The Morgan fingerprint density at radius 2 is 1.95 bits per heavy atom. The van der Waals surface area contributed by atoms with Crippen LogP contribution in [0.2, 0.25) is 0 Å². The van der Waals surface area contributed by atoms with Gasteiger partial charge in [-0.2, -0.15) is 5.10 Å². The Kier molecular flexibility index (Phi) is 4.08. The molecule has 0 unspecified atom stereocenters. The van der Waals surface area contributed by atoms with Gasteiger partial charge in [-0.15, -0.1) is 5.10 Å². The molecule has 0 aliphatic carbocycles. The third-order valence-electron chi connectivity index (χ3n) is 3.44. The van der Waals surface area contributed by atoms with Gasteiger partial charge in [-0.05, 0) is 5.56 Å². The first-order valence-electron chi connectivity index (χ1n) is 6.98. The maximum absolute atomic E-state index is 4.15. The van der Waals surface area contributed by atoms with E-state index in [9.17, 15) is 0 Å². The van der Waals surface area contributed by atoms with E-state index in [2.05, 4.69) is 43.9 Å². The molecule has 5 heteroatoms. The quantitative estimate of drug-likeness (QED) is 0.881. The molecule has 20 heavy (non-hydrogen) atoms. The fourth-order valence-corrected chi connectivity index (χ4v) is 2.33. The largest absolute Gasteiger partial charge is 0.368 e. The Morgan fingerprint density at radius 3 is 2.75 bits per heavy atom. The average molecular weight is 269 g/mol. The first-order valence-corrected chi connectivity index (χ1v) is 6.98. The second kappa shape index (κ2) is 6.34. The van der Waals surface area contributed by atoms with Crippen LogP contribution in [0.4, 0.5) is 11.5 Å². The Hall–Kier alpha value is -2.14. The number of hydrogen-bond donors (Lipinski definition) is 2. The van der Waals surface area contributed by atoms with E-state index in [4.69, 9.17) is 0 Å². The molecule has 3 rings (SSSR count). The molecule has 1 aliphatic heterocycles. The van der Waals surface area contributed by atoms with Crippen LogP contribution in [-0.2, 0) is 6.54 Å². The van der Waals surface area contributed by atoms with Crippen LogP contribution in [0.1, 0.15) is 5.56 Å². The Labute approximate surface area is 119 Å². The minimum absolute atomic E-state index is 0.764. The number of nitrogens with zero attached hydrogens (tertiary/aromatic N) is 3. The van der Waals surface area contributed by atoms with Crippen LogP contribution in [0, 0.1) is 0 Å². The highest BCUT2D eigenvalue weighted by atomic mass is 15.2. The van der Waals surface area contributed by atoms with Gasteiger partial charge in [0.25, 0.3) is 0 Å². The smallest absolute Gasteiger partial charge is 0.150 e. The third-order valence-corrected chi connectivity index (χ3v) is 3.44. The summed E-state index contributed by atoms with van der Waals surface area (Å²) in [6, 6.07) is 12.4. The van der Waals surface area contributed by atoms with E-state index < -0.39 is 0 Å². The maximum atomic E-state index is 4.15. The SMILES string of the molecule is c1ccc(CNc2cc(N3CCNCC3)cnn2)cc1. The normalized spacial score (nSPS) is 15.1. The molecule has 0 amide bonds. The minimum Gasteiger partial charge on any atom is -0.368 e. The molecule has 1 aliphatic rings. The summed E-state index contributed by atoms with van der Waals surface area (Å²) in [6.07, 6.45) is 1.83. The number of nitrogens with one attached hydrogen (secondary N) is 2. The van der Waals surface area contributed by atoms with Crippen molar-refractivity contribution in [2.75, 3.05) is 36.4 Å². The zero-order valence-electron chi connectivity index (χ0n) is 11.4. The summed E-state index contributed by atoms with van der Waals surface area (Å²) in [7, 11) is 0. The number of hydrogen-bond acceptors (Lipinski definition) is 5. The average Bonchev–Trinajstić information content (AvgIpc) is 2.55. The molecule has 0 radical (unpaired) electrons. The molecular formula is C15H19N5. The molecule has 0 atom stereocenters. The van der Waals surface area contributed by atoms with Crippen LogP contribution in [0.5, 0.6) is 0 Å². The standard InChI is InChI=1S/C15H19N5/c1-2-4-13(5-3-1)11-17-15-10-14(12-18-19-15)20-8-6-16-7-9-20/h1-5,10,12,16H,6-9,11H2,(H,17,19). The van der Waals surface area contributed by atoms with Crippen molar-refractivity contribution in [2.45, 2.75) is 6.54 Å². The van der Waals surface area contributed by atoms with Crippen LogP contribution in [0.15, 0.2) is 42.6 Å². The van der Waals surface area contributed by atoms with Gasteiger partial charge in [0.1, 0.15) is 0 Å². The van der Waals surface area contributed by atoms with E-state index in [1.165, 1.54) is 5.56 Å². The van der Waals surface area contributed by atoms with Crippen LogP contribution in [0.25, 0.3) is 0 Å². The van der Waals surface area contributed by atoms with Crippen LogP contribution >= 0.6 is 0 Å². The summed E-state index contributed by atoms with van der Waals surface area (Å²) in [6.45, 7) is 4.85. The molecule has 2 N–H and O–H groups in total. The van der Waals surface area contributed by atoms with Crippen molar-refractivity contribution in [1.29, 1.82) is 0 Å². The van der Waals surface area contributed by atoms with Crippen molar-refractivity contribution >= 4 is 11.5 Å². The molecule has 0 spiro atoms. The van der Waals surface area contributed by atoms with Crippen molar-refractivity contribution in [3.8, 4) is 0 Å². The van der Waals surface area contributed by atoms with Gasteiger partial charge in [0.15, 0.2) is 5.82 Å². The molecule has 2 aromatic rings. The summed E-state index contributed by atoms with van der Waals surface area (Å²) in [5, 5.41) is 14.9. The van der Waals surface area contributed by atoms with E-state index in [-0.39, 0.29) is 0 Å². The highest BCUT2D eigenvalue weighted by Gasteiger charge is 2.11. The Bertz CT molecular complexity index is 537. The van der Waals surface area contributed by atoms with Crippen molar-refractivity contribution < 1.29 is 0 Å². The van der Waals surface area contributed by atoms with Crippen molar-refractivity contribution in [1.82, 2.24) is 15.5 Å². The van der Waals surface area contributed by atoms with Gasteiger partial charge in [-0.3, -0.25) is 0 Å². The Morgan fingerprint density at radius 1 is 1.15 bits per heavy atom. The van der Waals surface area contributed by atoms with Crippen LogP contribution in [0.3, 0.4) is 0 Å².